The van der Waals surface area contributed by atoms with E-state index in [1.807, 2.05) is 30.3 Å². The largest absolute Gasteiger partial charge is 0.497 e. The normalized spacial score (nSPS) is 11.0. The third-order valence-electron chi connectivity index (χ3n) is 3.39. The van der Waals surface area contributed by atoms with Gasteiger partial charge in [0.05, 0.1) is 12.7 Å². The molecular weight excluding hydrogens is 302 g/mol. The van der Waals surface area contributed by atoms with Crippen LogP contribution in [0.15, 0.2) is 42.6 Å². The number of amides is 1. The van der Waals surface area contributed by atoms with Crippen LogP contribution in [0.3, 0.4) is 0 Å². The van der Waals surface area contributed by atoms with Crippen LogP contribution in [0.2, 0.25) is 0 Å². The van der Waals surface area contributed by atoms with Crippen LogP contribution in [0.1, 0.15) is 36.7 Å². The summed E-state index contributed by atoms with van der Waals surface area (Å²) in [6.07, 6.45) is 2.36. The molecule has 24 heavy (non-hydrogen) atoms. The Bertz CT molecular complexity index is 659. The van der Waals surface area contributed by atoms with Crippen molar-refractivity contribution in [3.63, 3.8) is 0 Å². The van der Waals surface area contributed by atoms with Crippen molar-refractivity contribution >= 4 is 11.7 Å². The van der Waals surface area contributed by atoms with Gasteiger partial charge < -0.3 is 15.4 Å². The number of aromatic nitrogens is 1. The molecule has 0 aliphatic heterocycles. The number of methoxy groups -OCH3 is 1. The minimum Gasteiger partial charge on any atom is -0.497 e. The van der Waals surface area contributed by atoms with E-state index in [9.17, 15) is 4.79 Å². The van der Waals surface area contributed by atoms with Crippen molar-refractivity contribution < 1.29 is 9.53 Å². The van der Waals surface area contributed by atoms with Gasteiger partial charge in [-0.15, -0.1) is 0 Å². The van der Waals surface area contributed by atoms with Gasteiger partial charge >= 0.3 is 0 Å². The van der Waals surface area contributed by atoms with Gasteiger partial charge in [-0.25, -0.2) is 4.98 Å². The highest BCUT2D eigenvalue weighted by Crippen LogP contribution is 2.13. The van der Waals surface area contributed by atoms with Gasteiger partial charge in [0.15, 0.2) is 0 Å². The van der Waals surface area contributed by atoms with Gasteiger partial charge in [-0.1, -0.05) is 12.1 Å². The number of nitrogens with zero attached hydrogens (tertiary/aromatic N) is 1. The van der Waals surface area contributed by atoms with E-state index >= 15 is 0 Å². The molecule has 1 amide bonds. The Morgan fingerprint density at radius 1 is 1.12 bits per heavy atom. The lowest BCUT2D eigenvalue weighted by molar-refractivity contribution is 0.0954. The number of nitrogens with one attached hydrogen (secondary N) is 2. The molecule has 5 heteroatoms. The molecule has 0 spiro atoms. The van der Waals surface area contributed by atoms with Crippen molar-refractivity contribution in [2.45, 2.75) is 32.7 Å². The molecule has 0 saturated carbocycles. The molecular formula is C19H25N3O2. The summed E-state index contributed by atoms with van der Waals surface area (Å²) >= 11 is 0. The molecule has 128 valence electrons. The fraction of sp³-hybridized carbons (Fsp3) is 0.368. The molecule has 0 atom stereocenters. The fourth-order valence-electron chi connectivity index (χ4n) is 2.20. The second kappa shape index (κ2) is 7.81. The molecule has 0 saturated heterocycles. The first kappa shape index (κ1) is 17.8. The third-order valence-corrected chi connectivity index (χ3v) is 3.39. The van der Waals surface area contributed by atoms with Crippen LogP contribution < -0.4 is 15.4 Å². The minimum atomic E-state index is -0.113. The van der Waals surface area contributed by atoms with E-state index in [0.717, 1.165) is 23.6 Å². The highest BCUT2D eigenvalue weighted by molar-refractivity contribution is 5.94. The van der Waals surface area contributed by atoms with E-state index < -0.39 is 0 Å². The monoisotopic (exact) mass is 327 g/mol. The Balaban J connectivity index is 1.83. The van der Waals surface area contributed by atoms with Crippen molar-refractivity contribution in [2.75, 3.05) is 19.0 Å². The van der Waals surface area contributed by atoms with Crippen LogP contribution in [0.4, 0.5) is 5.82 Å². The molecule has 0 unspecified atom stereocenters. The van der Waals surface area contributed by atoms with Crippen LogP contribution in [0.25, 0.3) is 0 Å². The topological polar surface area (TPSA) is 63.2 Å². The lowest BCUT2D eigenvalue weighted by Crippen LogP contribution is -2.27. The summed E-state index contributed by atoms with van der Waals surface area (Å²) in [7, 11) is 1.64. The summed E-state index contributed by atoms with van der Waals surface area (Å²) in [6.45, 7) is 6.77. The van der Waals surface area contributed by atoms with Crippen LogP contribution in [-0.2, 0) is 6.42 Å². The van der Waals surface area contributed by atoms with Gasteiger partial charge in [-0.05, 0) is 57.0 Å². The van der Waals surface area contributed by atoms with Gasteiger partial charge in [0.1, 0.15) is 11.6 Å². The van der Waals surface area contributed by atoms with Crippen LogP contribution in [0.5, 0.6) is 5.75 Å². The number of benzene rings is 1. The Morgan fingerprint density at radius 3 is 2.38 bits per heavy atom. The zero-order valence-electron chi connectivity index (χ0n) is 14.7. The molecule has 2 aromatic rings. The summed E-state index contributed by atoms with van der Waals surface area (Å²) in [5, 5.41) is 6.18. The maximum absolute atomic E-state index is 12.1. The third kappa shape index (κ3) is 5.57. The van der Waals surface area contributed by atoms with Crippen molar-refractivity contribution in [2.24, 2.45) is 0 Å². The standard InChI is InChI=1S/C19H25N3O2/c1-19(2,3)22-17-10-7-15(13-21-17)18(23)20-12-11-14-5-8-16(24-4)9-6-14/h5-10,13H,11-12H2,1-4H3,(H,20,23)(H,21,22). The molecule has 1 aromatic heterocycles. The van der Waals surface area contributed by atoms with E-state index in [1.165, 1.54) is 0 Å². The molecule has 0 bridgehead atoms. The molecule has 0 aliphatic rings. The molecule has 1 aromatic carbocycles. The van der Waals surface area contributed by atoms with Crippen LogP contribution >= 0.6 is 0 Å². The quantitative estimate of drug-likeness (QED) is 0.855. The number of pyridine rings is 1. The number of ether oxygens (including phenoxy) is 1. The van der Waals surface area contributed by atoms with Crippen molar-refractivity contribution in [3.8, 4) is 5.75 Å². The minimum absolute atomic E-state index is 0.0604. The molecule has 2 N–H and O–H groups in total. The molecule has 0 aliphatic carbocycles. The lowest BCUT2D eigenvalue weighted by Gasteiger charge is -2.21. The molecule has 5 nitrogen and oxygen atoms in total. The average Bonchev–Trinajstić information content (AvgIpc) is 2.54. The summed E-state index contributed by atoms with van der Waals surface area (Å²) in [5.74, 6) is 1.48. The number of rotatable bonds is 6. The van der Waals surface area contributed by atoms with E-state index in [-0.39, 0.29) is 11.4 Å². The number of hydrogen-bond donors (Lipinski definition) is 2. The van der Waals surface area contributed by atoms with Gasteiger partial charge in [0.2, 0.25) is 0 Å². The van der Waals surface area contributed by atoms with E-state index in [0.29, 0.717) is 12.1 Å². The Hall–Kier alpha value is -2.56. The number of anilines is 1. The maximum atomic E-state index is 12.1. The molecule has 0 radical (unpaired) electrons. The molecule has 2 rings (SSSR count). The predicted molar refractivity (Wildman–Crippen MR) is 96.6 cm³/mol. The number of carbonyl (C=O) groups excluding carboxylic acids is 1. The second-order valence-corrected chi connectivity index (χ2v) is 6.66. The van der Waals surface area contributed by atoms with Gasteiger partial charge in [0.25, 0.3) is 5.91 Å². The van der Waals surface area contributed by atoms with Crippen LogP contribution in [-0.4, -0.2) is 30.1 Å². The lowest BCUT2D eigenvalue weighted by atomic mass is 10.1. The average molecular weight is 327 g/mol. The summed E-state index contributed by atoms with van der Waals surface area (Å²) in [5.41, 5.74) is 1.65. The second-order valence-electron chi connectivity index (χ2n) is 6.66. The van der Waals surface area contributed by atoms with Crippen molar-refractivity contribution in [1.82, 2.24) is 10.3 Å². The van der Waals surface area contributed by atoms with Crippen molar-refractivity contribution in [1.29, 1.82) is 0 Å². The maximum Gasteiger partial charge on any atom is 0.252 e. The summed E-state index contributed by atoms with van der Waals surface area (Å²) in [6, 6.07) is 11.4. The van der Waals surface area contributed by atoms with E-state index in [4.69, 9.17) is 4.74 Å². The van der Waals surface area contributed by atoms with E-state index in [1.54, 1.807) is 19.4 Å². The zero-order valence-corrected chi connectivity index (χ0v) is 14.7. The Kier molecular flexibility index (Phi) is 5.79. The first-order chi connectivity index (χ1) is 11.4. The summed E-state index contributed by atoms with van der Waals surface area (Å²) < 4.78 is 5.13. The van der Waals surface area contributed by atoms with Gasteiger partial charge in [-0.2, -0.15) is 0 Å². The predicted octanol–water partition coefficient (Wildman–Crippen LogP) is 3.27. The van der Waals surface area contributed by atoms with Crippen molar-refractivity contribution in [3.05, 3.63) is 53.7 Å². The SMILES string of the molecule is COc1ccc(CCNC(=O)c2ccc(NC(C)(C)C)nc2)cc1. The highest BCUT2D eigenvalue weighted by Gasteiger charge is 2.11. The number of carbonyl (C=O) groups is 1. The Morgan fingerprint density at radius 2 is 1.83 bits per heavy atom. The highest BCUT2D eigenvalue weighted by atomic mass is 16.5. The molecule has 1 heterocycles. The smallest absolute Gasteiger partial charge is 0.252 e. The van der Waals surface area contributed by atoms with Gasteiger partial charge in [0, 0.05) is 18.3 Å². The van der Waals surface area contributed by atoms with E-state index in [2.05, 4.69) is 36.4 Å². The van der Waals surface area contributed by atoms with Gasteiger partial charge in [-0.3, -0.25) is 4.79 Å². The zero-order chi connectivity index (χ0) is 17.6. The Labute approximate surface area is 143 Å². The molecule has 0 fully saturated rings. The first-order valence-electron chi connectivity index (χ1n) is 8.03. The number of hydrogen-bond acceptors (Lipinski definition) is 4. The summed E-state index contributed by atoms with van der Waals surface area (Å²) in [4.78, 5) is 16.4. The fourth-order valence-corrected chi connectivity index (χ4v) is 2.20. The van der Waals surface area contributed by atoms with Crippen LogP contribution in [0, 0.1) is 0 Å². The first-order valence-corrected chi connectivity index (χ1v) is 8.03.